The average molecular weight is 431 g/mol. The number of hydrogen-bond acceptors (Lipinski definition) is 5. The molecule has 4 rings (SSSR count). The Morgan fingerprint density at radius 3 is 2.90 bits per heavy atom. The standard InChI is InChI=1S/C23H34N4O2S/c1-16-9-8-13-26(15-16)12-7-5-11-24-21(28)20-17(2)19-22(30-20)25-18-10-4-3-6-14-27(18)23(19)29/h16H,3-15H2,1-2H3,(H,24,28). The smallest absolute Gasteiger partial charge is 0.262 e. The number of fused-ring (bicyclic) bond motifs is 2. The SMILES string of the molecule is Cc1c(C(=O)NCCCCN2CCCC(C)C2)sc2nc3n(c(=O)c12)CCCCC3. The Balaban J connectivity index is 1.37. The Morgan fingerprint density at radius 2 is 2.07 bits per heavy atom. The normalized spacial score (nSPS) is 20.1. The molecule has 1 saturated heterocycles. The number of hydrogen-bond donors (Lipinski definition) is 1. The first-order valence-corrected chi connectivity index (χ1v) is 12.4. The molecule has 0 bridgehead atoms. The van der Waals surface area contributed by atoms with Crippen LogP contribution in [0.1, 0.15) is 72.9 Å². The fourth-order valence-corrected chi connectivity index (χ4v) is 5.97. The van der Waals surface area contributed by atoms with Crippen LogP contribution in [0.25, 0.3) is 10.2 Å². The molecule has 1 atom stereocenters. The summed E-state index contributed by atoms with van der Waals surface area (Å²) in [5, 5.41) is 3.70. The Hall–Kier alpha value is -1.73. The zero-order chi connectivity index (χ0) is 21.1. The van der Waals surface area contributed by atoms with E-state index < -0.39 is 0 Å². The molecule has 0 aliphatic carbocycles. The molecule has 30 heavy (non-hydrogen) atoms. The van der Waals surface area contributed by atoms with Gasteiger partial charge in [0.2, 0.25) is 0 Å². The lowest BCUT2D eigenvalue weighted by Crippen LogP contribution is -2.35. The predicted molar refractivity (Wildman–Crippen MR) is 123 cm³/mol. The second-order valence-corrected chi connectivity index (χ2v) is 10.0. The summed E-state index contributed by atoms with van der Waals surface area (Å²) in [6, 6.07) is 0. The fraction of sp³-hybridized carbons (Fsp3) is 0.696. The number of nitrogens with zero attached hydrogens (tertiary/aromatic N) is 3. The first kappa shape index (κ1) is 21.5. The maximum atomic E-state index is 13.0. The van der Waals surface area contributed by atoms with Gasteiger partial charge in [0.25, 0.3) is 11.5 Å². The molecule has 2 aromatic heterocycles. The van der Waals surface area contributed by atoms with Crippen LogP contribution < -0.4 is 10.9 Å². The number of nitrogens with one attached hydrogen (secondary N) is 1. The predicted octanol–water partition coefficient (Wildman–Crippen LogP) is 3.73. The van der Waals surface area contributed by atoms with Crippen molar-refractivity contribution in [3.63, 3.8) is 0 Å². The van der Waals surface area contributed by atoms with E-state index in [4.69, 9.17) is 4.98 Å². The minimum atomic E-state index is -0.0679. The van der Waals surface area contributed by atoms with E-state index in [-0.39, 0.29) is 11.5 Å². The molecule has 4 heterocycles. The van der Waals surface area contributed by atoms with Gasteiger partial charge in [-0.2, -0.15) is 0 Å². The van der Waals surface area contributed by atoms with Gasteiger partial charge in [-0.15, -0.1) is 11.3 Å². The fourth-order valence-electron chi connectivity index (χ4n) is 4.86. The summed E-state index contributed by atoms with van der Waals surface area (Å²) in [5.74, 6) is 1.62. The molecule has 2 aromatic rings. The number of thiophene rings is 1. The van der Waals surface area contributed by atoms with Crippen LogP contribution >= 0.6 is 11.3 Å². The van der Waals surface area contributed by atoms with Crippen LogP contribution in [0, 0.1) is 12.8 Å². The first-order valence-electron chi connectivity index (χ1n) is 11.6. The monoisotopic (exact) mass is 430 g/mol. The average Bonchev–Trinajstić information content (AvgIpc) is 2.89. The number of carbonyl (C=O) groups is 1. The van der Waals surface area contributed by atoms with Crippen molar-refractivity contribution in [2.75, 3.05) is 26.2 Å². The minimum Gasteiger partial charge on any atom is -0.351 e. The molecule has 164 valence electrons. The number of aromatic nitrogens is 2. The van der Waals surface area contributed by atoms with Crippen molar-refractivity contribution in [1.82, 2.24) is 19.8 Å². The molecule has 1 N–H and O–H groups in total. The van der Waals surface area contributed by atoms with Gasteiger partial charge in [-0.25, -0.2) is 4.98 Å². The van der Waals surface area contributed by atoms with E-state index in [0.29, 0.717) is 16.8 Å². The molecular weight excluding hydrogens is 396 g/mol. The molecule has 1 unspecified atom stereocenters. The van der Waals surface area contributed by atoms with Gasteiger partial charge in [-0.1, -0.05) is 13.3 Å². The van der Waals surface area contributed by atoms with Gasteiger partial charge in [0.05, 0.1) is 10.3 Å². The Labute approximate surface area is 182 Å². The highest BCUT2D eigenvalue weighted by Crippen LogP contribution is 2.28. The van der Waals surface area contributed by atoms with Crippen LogP contribution in [-0.4, -0.2) is 46.5 Å². The van der Waals surface area contributed by atoms with Crippen molar-refractivity contribution in [1.29, 1.82) is 0 Å². The lowest BCUT2D eigenvalue weighted by molar-refractivity contribution is 0.0955. The molecule has 0 saturated carbocycles. The van der Waals surface area contributed by atoms with E-state index in [1.165, 1.54) is 37.3 Å². The third-order valence-electron chi connectivity index (χ3n) is 6.55. The maximum absolute atomic E-state index is 13.0. The third kappa shape index (κ3) is 4.62. The number of piperidine rings is 1. The van der Waals surface area contributed by atoms with Gasteiger partial charge >= 0.3 is 0 Å². The van der Waals surface area contributed by atoms with Crippen molar-refractivity contribution < 1.29 is 4.79 Å². The largest absolute Gasteiger partial charge is 0.351 e. The van der Waals surface area contributed by atoms with E-state index in [9.17, 15) is 9.59 Å². The highest BCUT2D eigenvalue weighted by Gasteiger charge is 2.22. The second-order valence-electron chi connectivity index (χ2n) is 9.04. The van der Waals surface area contributed by atoms with E-state index in [0.717, 1.165) is 73.8 Å². The summed E-state index contributed by atoms with van der Waals surface area (Å²) in [5.41, 5.74) is 0.812. The molecular formula is C23H34N4O2S. The number of unbranched alkanes of at least 4 members (excludes halogenated alkanes) is 1. The topological polar surface area (TPSA) is 67.2 Å². The van der Waals surface area contributed by atoms with Gasteiger partial charge in [0.1, 0.15) is 10.7 Å². The van der Waals surface area contributed by atoms with Crippen molar-refractivity contribution >= 4 is 27.5 Å². The van der Waals surface area contributed by atoms with Crippen molar-refractivity contribution in [3.8, 4) is 0 Å². The van der Waals surface area contributed by atoms with Crippen molar-refractivity contribution in [2.24, 2.45) is 5.92 Å². The van der Waals surface area contributed by atoms with Crippen molar-refractivity contribution in [2.45, 2.75) is 71.8 Å². The van der Waals surface area contributed by atoms with Gasteiger partial charge < -0.3 is 10.2 Å². The van der Waals surface area contributed by atoms with Gasteiger partial charge in [-0.3, -0.25) is 14.2 Å². The Bertz CT molecular complexity index is 964. The maximum Gasteiger partial charge on any atom is 0.262 e. The molecule has 0 spiro atoms. The molecule has 1 fully saturated rings. The Kier molecular flexibility index (Phi) is 6.88. The highest BCUT2D eigenvalue weighted by atomic mass is 32.1. The van der Waals surface area contributed by atoms with E-state index in [1.807, 2.05) is 11.5 Å². The van der Waals surface area contributed by atoms with E-state index >= 15 is 0 Å². The van der Waals surface area contributed by atoms with Crippen LogP contribution in [-0.2, 0) is 13.0 Å². The third-order valence-corrected chi connectivity index (χ3v) is 7.73. The summed E-state index contributed by atoms with van der Waals surface area (Å²) < 4.78 is 1.83. The van der Waals surface area contributed by atoms with Crippen LogP contribution in [0.4, 0.5) is 0 Å². The zero-order valence-electron chi connectivity index (χ0n) is 18.3. The van der Waals surface area contributed by atoms with E-state index in [2.05, 4.69) is 17.1 Å². The van der Waals surface area contributed by atoms with Gasteiger partial charge in [-0.05, 0) is 70.0 Å². The summed E-state index contributed by atoms with van der Waals surface area (Å²) in [6.45, 7) is 9.18. The molecule has 1 amide bonds. The highest BCUT2D eigenvalue weighted by molar-refractivity contribution is 7.20. The molecule has 2 aliphatic rings. The number of likely N-dealkylation sites (tertiary alicyclic amines) is 1. The van der Waals surface area contributed by atoms with Gasteiger partial charge in [0.15, 0.2) is 0 Å². The van der Waals surface area contributed by atoms with Crippen molar-refractivity contribution in [3.05, 3.63) is 26.6 Å². The quantitative estimate of drug-likeness (QED) is 0.709. The van der Waals surface area contributed by atoms with E-state index in [1.54, 1.807) is 0 Å². The summed E-state index contributed by atoms with van der Waals surface area (Å²) >= 11 is 1.37. The number of amides is 1. The summed E-state index contributed by atoms with van der Waals surface area (Å²) in [4.78, 5) is 34.5. The summed E-state index contributed by atoms with van der Waals surface area (Å²) in [7, 11) is 0. The lowest BCUT2D eigenvalue weighted by Gasteiger charge is -2.30. The van der Waals surface area contributed by atoms with Crippen LogP contribution in [0.2, 0.25) is 0 Å². The van der Waals surface area contributed by atoms with Crippen LogP contribution in [0.5, 0.6) is 0 Å². The minimum absolute atomic E-state index is 0.0282. The van der Waals surface area contributed by atoms with Crippen LogP contribution in [0.3, 0.4) is 0 Å². The molecule has 0 aromatic carbocycles. The van der Waals surface area contributed by atoms with Gasteiger partial charge in [0, 0.05) is 26.1 Å². The second kappa shape index (κ2) is 9.60. The number of carbonyl (C=O) groups excluding carboxylic acids is 1. The molecule has 7 heteroatoms. The first-order chi connectivity index (χ1) is 14.5. The van der Waals surface area contributed by atoms with Crippen LogP contribution in [0.15, 0.2) is 4.79 Å². The molecule has 0 radical (unpaired) electrons. The zero-order valence-corrected chi connectivity index (χ0v) is 19.2. The Morgan fingerprint density at radius 1 is 1.20 bits per heavy atom. The molecule has 2 aliphatic heterocycles. The lowest BCUT2D eigenvalue weighted by atomic mass is 10.0. The summed E-state index contributed by atoms with van der Waals surface area (Å²) in [6.07, 6.45) is 8.82. The number of aryl methyl sites for hydroxylation is 2. The molecule has 6 nitrogen and oxygen atoms in total. The number of rotatable bonds is 6.